The van der Waals surface area contributed by atoms with Crippen molar-refractivity contribution in [1.29, 1.82) is 10.7 Å². The zero-order valence-corrected chi connectivity index (χ0v) is 16.1. The number of rotatable bonds is 9. The van der Waals surface area contributed by atoms with Crippen molar-refractivity contribution in [3.8, 4) is 6.07 Å². The summed E-state index contributed by atoms with van der Waals surface area (Å²) in [5, 5.41) is 35.0. The minimum Gasteiger partial charge on any atom is -0.355 e. The van der Waals surface area contributed by atoms with Crippen LogP contribution in [0.3, 0.4) is 0 Å². The molecule has 13 heteroatoms. The Bertz CT molecular complexity index is 998. The molecule has 2 aromatic rings. The van der Waals surface area contributed by atoms with Crippen LogP contribution in [-0.4, -0.2) is 48.5 Å². The normalized spacial score (nSPS) is 10.9. The summed E-state index contributed by atoms with van der Waals surface area (Å²) in [6.07, 6.45) is -0.212. The lowest BCUT2D eigenvalue weighted by atomic mass is 10.2. The molecule has 1 heterocycles. The number of hydrogen-bond donors (Lipinski definition) is 4. The molecule has 0 aliphatic carbocycles. The van der Waals surface area contributed by atoms with E-state index in [2.05, 4.69) is 25.6 Å². The molecule has 5 N–H and O–H groups in total. The molecule has 11 nitrogen and oxygen atoms in total. The van der Waals surface area contributed by atoms with Crippen LogP contribution in [0.5, 0.6) is 0 Å². The van der Waals surface area contributed by atoms with Gasteiger partial charge in [-0.2, -0.15) is 5.26 Å². The molecule has 1 amide bonds. The zero-order valence-electron chi connectivity index (χ0n) is 14.5. The fourth-order valence-corrected chi connectivity index (χ4v) is 3.19. The van der Waals surface area contributed by atoms with E-state index in [0.717, 1.165) is 0 Å². The number of nitrogens with zero attached hydrogens (tertiary/aromatic N) is 3. The molecule has 0 saturated heterocycles. The summed E-state index contributed by atoms with van der Waals surface area (Å²) in [7, 11) is -3.68. The predicted molar refractivity (Wildman–Crippen MR) is 102 cm³/mol. The van der Waals surface area contributed by atoms with Gasteiger partial charge in [-0.15, -0.1) is 0 Å². The van der Waals surface area contributed by atoms with E-state index < -0.39 is 21.7 Å². The highest BCUT2D eigenvalue weighted by molar-refractivity contribution is 7.99. The summed E-state index contributed by atoms with van der Waals surface area (Å²) in [4.78, 5) is 11.5. The number of nitriles is 1. The van der Waals surface area contributed by atoms with Gasteiger partial charge in [0.15, 0.2) is 16.6 Å². The first-order chi connectivity index (χ1) is 13.3. The first kappa shape index (κ1) is 21.4. The topological polar surface area (TPSA) is 188 Å². The van der Waals surface area contributed by atoms with Crippen LogP contribution in [0.2, 0.25) is 0 Å². The van der Waals surface area contributed by atoms with Gasteiger partial charge in [0.25, 0.3) is 0 Å². The molecule has 0 spiro atoms. The average Bonchev–Trinajstić information content (AvgIpc) is 3.12. The van der Waals surface area contributed by atoms with Crippen molar-refractivity contribution < 1.29 is 17.8 Å². The molecule has 0 aliphatic heterocycles. The Morgan fingerprint density at radius 3 is 2.89 bits per heavy atom. The summed E-state index contributed by atoms with van der Waals surface area (Å²) in [6, 6.07) is 8.63. The predicted octanol–water partition coefficient (Wildman–Crippen LogP) is 0.266. The number of carbonyl (C=O) groups is 1. The van der Waals surface area contributed by atoms with Crippen molar-refractivity contribution in [2.24, 2.45) is 5.14 Å². The fraction of sp³-hybridized carbons (Fsp3) is 0.267. The fourth-order valence-electron chi connectivity index (χ4n) is 1.96. The van der Waals surface area contributed by atoms with Crippen LogP contribution >= 0.6 is 11.8 Å². The van der Waals surface area contributed by atoms with Gasteiger partial charge in [-0.25, -0.2) is 18.2 Å². The van der Waals surface area contributed by atoms with Crippen molar-refractivity contribution in [2.45, 2.75) is 11.4 Å². The van der Waals surface area contributed by atoms with Crippen LogP contribution in [0.1, 0.15) is 17.7 Å². The van der Waals surface area contributed by atoms with Gasteiger partial charge in [-0.3, -0.25) is 10.2 Å². The molecule has 2 rings (SSSR count). The number of sulfonamides is 1. The van der Waals surface area contributed by atoms with Crippen LogP contribution < -0.4 is 15.8 Å². The van der Waals surface area contributed by atoms with Crippen molar-refractivity contribution in [3.63, 3.8) is 0 Å². The van der Waals surface area contributed by atoms with Gasteiger partial charge in [0.05, 0.1) is 17.4 Å². The number of nitrogens with two attached hydrogens (primary N) is 1. The van der Waals surface area contributed by atoms with Crippen molar-refractivity contribution in [2.75, 3.05) is 23.4 Å². The summed E-state index contributed by atoms with van der Waals surface area (Å²) < 4.78 is 26.3. The van der Waals surface area contributed by atoms with E-state index in [1.807, 2.05) is 6.07 Å². The second-order valence-corrected chi connectivity index (χ2v) is 8.24. The molecule has 0 bridgehead atoms. The van der Waals surface area contributed by atoms with Gasteiger partial charge in [0.1, 0.15) is 0 Å². The van der Waals surface area contributed by atoms with Crippen molar-refractivity contribution in [3.05, 3.63) is 35.5 Å². The Labute approximate surface area is 165 Å². The maximum atomic E-state index is 11.5. The smallest absolute Gasteiger partial charge is 0.221 e. The average molecular weight is 423 g/mol. The molecule has 0 saturated carbocycles. The Balaban J connectivity index is 1.83. The van der Waals surface area contributed by atoms with Gasteiger partial charge in [0.2, 0.25) is 15.9 Å². The third-order valence-electron chi connectivity index (χ3n) is 3.23. The van der Waals surface area contributed by atoms with Gasteiger partial charge < -0.3 is 10.6 Å². The van der Waals surface area contributed by atoms with E-state index in [-0.39, 0.29) is 24.5 Å². The lowest BCUT2D eigenvalue weighted by Crippen LogP contribution is -2.29. The molecule has 1 aromatic carbocycles. The molecule has 28 heavy (non-hydrogen) atoms. The third-order valence-corrected chi connectivity index (χ3v) is 4.96. The number of primary sulfonamides is 1. The summed E-state index contributed by atoms with van der Waals surface area (Å²) in [5.74, 6) is -0.505. The monoisotopic (exact) mass is 423 g/mol. The van der Waals surface area contributed by atoms with Crippen LogP contribution in [0, 0.1) is 16.7 Å². The molecule has 1 aromatic heterocycles. The van der Waals surface area contributed by atoms with E-state index in [4.69, 9.17) is 15.8 Å². The number of amides is 1. The Morgan fingerprint density at radius 1 is 1.39 bits per heavy atom. The molecule has 0 atom stereocenters. The second kappa shape index (κ2) is 9.83. The summed E-state index contributed by atoms with van der Waals surface area (Å²) >= 11 is 1.21. The number of hydrogen-bond acceptors (Lipinski definition) is 9. The van der Waals surface area contributed by atoms with E-state index in [9.17, 15) is 13.2 Å². The molecule has 0 aliphatic rings. The minimum absolute atomic E-state index is 0.0592. The Morgan fingerprint density at radius 2 is 2.18 bits per heavy atom. The summed E-state index contributed by atoms with van der Waals surface area (Å²) in [6.45, 7) is 0.255. The van der Waals surface area contributed by atoms with Gasteiger partial charge >= 0.3 is 0 Å². The second-order valence-electron chi connectivity index (χ2n) is 5.43. The lowest BCUT2D eigenvalue weighted by molar-refractivity contribution is -0.120. The molecule has 0 unspecified atom stereocenters. The Hall–Kier alpha value is -2.95. The molecule has 0 radical (unpaired) electrons. The first-order valence-electron chi connectivity index (χ1n) is 7.87. The number of amidine groups is 1. The number of nitrogens with one attached hydrogen (secondary N) is 3. The number of carbonyl (C=O) groups excluding carboxylic acids is 1. The van der Waals surface area contributed by atoms with Crippen LogP contribution in [0.4, 0.5) is 5.69 Å². The van der Waals surface area contributed by atoms with Crippen molar-refractivity contribution in [1.82, 2.24) is 15.6 Å². The maximum Gasteiger partial charge on any atom is 0.221 e. The molecular formula is C15H17N7O4S2. The lowest BCUT2D eigenvalue weighted by Gasteiger charge is -2.07. The van der Waals surface area contributed by atoms with Crippen LogP contribution in [-0.2, 0) is 14.8 Å². The SMILES string of the molecule is N#Cc1cccc(NC(=N)c2nonc2SCCNC(=O)CCS(N)(=O)=O)c1. The molecular weight excluding hydrogens is 406 g/mol. The largest absolute Gasteiger partial charge is 0.355 e. The Kier molecular flexibility index (Phi) is 7.50. The van der Waals surface area contributed by atoms with Gasteiger partial charge in [0, 0.05) is 24.4 Å². The van der Waals surface area contributed by atoms with Gasteiger partial charge in [-0.1, -0.05) is 17.8 Å². The number of thioether (sulfide) groups is 1. The first-order valence-corrected chi connectivity index (χ1v) is 10.6. The highest BCUT2D eigenvalue weighted by Crippen LogP contribution is 2.20. The molecule has 148 valence electrons. The van der Waals surface area contributed by atoms with Crippen LogP contribution in [0.15, 0.2) is 33.9 Å². The molecule has 0 fully saturated rings. The summed E-state index contributed by atoms with van der Waals surface area (Å²) in [5.41, 5.74) is 1.18. The number of benzene rings is 1. The van der Waals surface area contributed by atoms with E-state index >= 15 is 0 Å². The highest BCUT2D eigenvalue weighted by Gasteiger charge is 2.16. The van der Waals surface area contributed by atoms with E-state index in [1.165, 1.54) is 11.8 Å². The van der Waals surface area contributed by atoms with Crippen LogP contribution in [0.25, 0.3) is 0 Å². The minimum atomic E-state index is -3.68. The van der Waals surface area contributed by atoms with Crippen molar-refractivity contribution >= 4 is 39.2 Å². The zero-order chi connectivity index (χ0) is 20.6. The number of anilines is 1. The third kappa shape index (κ3) is 6.99. The quantitative estimate of drug-likeness (QED) is 0.190. The number of aromatic nitrogens is 2. The highest BCUT2D eigenvalue weighted by atomic mass is 32.2. The van der Waals surface area contributed by atoms with E-state index in [0.29, 0.717) is 22.0 Å². The maximum absolute atomic E-state index is 11.5. The van der Waals surface area contributed by atoms with Gasteiger partial charge in [-0.05, 0) is 28.5 Å². The van der Waals surface area contributed by atoms with E-state index in [1.54, 1.807) is 24.3 Å². The standard InChI is InChI=1S/C15H17N7O4S2/c16-9-10-2-1-3-11(8-10)20-14(17)13-15(22-26-21-13)27-6-5-19-12(23)4-7-28(18,24)25/h1-3,8H,4-7H2,(H2,17,20)(H,19,23)(H2,18,24,25).